The molecule has 0 aliphatic heterocycles. The Kier molecular flexibility index (Phi) is 7.44. The molecule has 1 aromatic rings. The van der Waals surface area contributed by atoms with Gasteiger partial charge in [-0.3, -0.25) is 4.79 Å². The Hall–Kier alpha value is -1.38. The molecule has 0 saturated carbocycles. The maximum absolute atomic E-state index is 13.7. The van der Waals surface area contributed by atoms with Crippen LogP contribution >= 0.6 is 27.3 Å². The van der Waals surface area contributed by atoms with Crippen molar-refractivity contribution in [1.82, 2.24) is 10.0 Å². The highest BCUT2D eigenvalue weighted by molar-refractivity contribution is 9.11. The van der Waals surface area contributed by atoms with E-state index in [9.17, 15) is 13.6 Å². The minimum Gasteiger partial charge on any atom is -0.314 e. The summed E-state index contributed by atoms with van der Waals surface area (Å²) < 4.78 is 28.2. The van der Waals surface area contributed by atoms with Gasteiger partial charge in [0.2, 0.25) is 0 Å². The molecule has 0 saturated heterocycles. The summed E-state index contributed by atoms with van der Waals surface area (Å²) in [7, 11) is 5.50. The Bertz CT molecular complexity index is 675. The van der Waals surface area contributed by atoms with Gasteiger partial charge in [-0.15, -0.1) is 11.3 Å². The van der Waals surface area contributed by atoms with Crippen LogP contribution in [0.2, 0.25) is 0 Å². The van der Waals surface area contributed by atoms with Crippen LogP contribution in [-0.2, 0) is 0 Å². The molecule has 4 nitrogen and oxygen atoms in total. The molecule has 0 unspecified atom stereocenters. The van der Waals surface area contributed by atoms with Crippen molar-refractivity contribution in [2.75, 3.05) is 21.1 Å². The summed E-state index contributed by atoms with van der Waals surface area (Å²) in [4.78, 5) is 16.0. The van der Waals surface area contributed by atoms with Crippen molar-refractivity contribution in [2.45, 2.75) is 19.8 Å². The second-order valence-corrected chi connectivity index (χ2v) is 7.82. The maximum atomic E-state index is 13.7. The third-order valence-corrected chi connectivity index (χ3v) is 4.84. The van der Waals surface area contributed by atoms with Crippen molar-refractivity contribution in [3.8, 4) is 0 Å². The van der Waals surface area contributed by atoms with Crippen LogP contribution in [0.25, 0.3) is 0 Å². The molecular formula is C16H20BrF2N3OS. The first-order valence-electron chi connectivity index (χ1n) is 7.04. The Labute approximate surface area is 153 Å². The normalized spacial score (nSPS) is 13.9. The van der Waals surface area contributed by atoms with Crippen LogP contribution in [0, 0.1) is 0 Å². The number of rotatable bonds is 6. The molecule has 0 bridgehead atoms. The minimum atomic E-state index is -3.10. The second-order valence-electron chi connectivity index (χ2n) is 5.36. The number of thiophene rings is 1. The molecule has 0 aliphatic carbocycles. The fourth-order valence-electron chi connectivity index (χ4n) is 1.56. The van der Waals surface area contributed by atoms with Gasteiger partial charge in [0, 0.05) is 45.6 Å². The Morgan fingerprint density at radius 2 is 1.92 bits per heavy atom. The molecule has 1 amide bonds. The van der Waals surface area contributed by atoms with Crippen molar-refractivity contribution in [3.63, 3.8) is 0 Å². The summed E-state index contributed by atoms with van der Waals surface area (Å²) in [5.74, 6) is -3.65. The van der Waals surface area contributed by atoms with Crippen molar-refractivity contribution in [1.29, 1.82) is 0 Å². The standard InChI is InChI=1S/C16H20BrF2N3OS/c1-11(22(5)21(3)4)6-7-12(16(2,18)19)10-20-15(23)13-8-9-14(17)24-13/h6-10H,1-5H3/b11-6+,12-7+,20-10?. The summed E-state index contributed by atoms with van der Waals surface area (Å²) >= 11 is 4.45. The zero-order valence-electron chi connectivity index (χ0n) is 14.2. The van der Waals surface area contributed by atoms with E-state index in [4.69, 9.17) is 0 Å². The first-order chi connectivity index (χ1) is 11.0. The van der Waals surface area contributed by atoms with E-state index in [1.54, 1.807) is 30.1 Å². The van der Waals surface area contributed by atoms with Gasteiger partial charge in [-0.05, 0) is 47.1 Å². The summed E-state index contributed by atoms with van der Waals surface area (Å²) in [5, 5.41) is 3.61. The van der Waals surface area contributed by atoms with Crippen molar-refractivity contribution < 1.29 is 13.6 Å². The van der Waals surface area contributed by atoms with Crippen molar-refractivity contribution >= 4 is 39.4 Å². The van der Waals surface area contributed by atoms with Crippen LogP contribution in [0.1, 0.15) is 23.5 Å². The van der Waals surface area contributed by atoms with E-state index in [1.165, 1.54) is 17.4 Å². The number of alkyl halides is 2. The average molecular weight is 420 g/mol. The van der Waals surface area contributed by atoms with Gasteiger partial charge in [0.05, 0.1) is 8.66 Å². The number of amides is 1. The number of nitrogens with zero attached hydrogens (tertiary/aromatic N) is 3. The number of aliphatic imine (C=N–C) groups is 1. The Morgan fingerprint density at radius 3 is 2.38 bits per heavy atom. The first-order valence-corrected chi connectivity index (χ1v) is 8.65. The van der Waals surface area contributed by atoms with E-state index in [0.717, 1.165) is 22.6 Å². The maximum Gasteiger partial charge on any atom is 0.287 e. The molecule has 0 aliphatic rings. The molecule has 0 atom stereocenters. The highest BCUT2D eigenvalue weighted by Gasteiger charge is 2.26. The third-order valence-electron chi connectivity index (χ3n) is 3.23. The van der Waals surface area contributed by atoms with E-state index < -0.39 is 11.8 Å². The van der Waals surface area contributed by atoms with E-state index in [2.05, 4.69) is 20.9 Å². The van der Waals surface area contributed by atoms with E-state index in [-0.39, 0.29) is 5.57 Å². The zero-order chi connectivity index (χ0) is 18.5. The van der Waals surface area contributed by atoms with Crippen LogP contribution in [-0.4, -0.2) is 49.2 Å². The molecule has 0 radical (unpaired) electrons. The molecule has 1 heterocycles. The lowest BCUT2D eigenvalue weighted by atomic mass is 10.1. The first kappa shape index (κ1) is 20.7. The number of allylic oxidation sites excluding steroid dienone is 4. The number of carbonyl (C=O) groups excluding carboxylic acids is 1. The quantitative estimate of drug-likeness (QED) is 0.383. The predicted octanol–water partition coefficient (Wildman–Crippen LogP) is 4.62. The second kappa shape index (κ2) is 8.64. The van der Waals surface area contributed by atoms with Gasteiger partial charge in [-0.1, -0.05) is 0 Å². The van der Waals surface area contributed by atoms with Crippen LogP contribution in [0.4, 0.5) is 8.78 Å². The summed E-state index contributed by atoms with van der Waals surface area (Å²) in [5.41, 5.74) is 0.432. The van der Waals surface area contributed by atoms with E-state index >= 15 is 0 Å². The molecule has 1 rings (SSSR count). The predicted molar refractivity (Wildman–Crippen MR) is 98.8 cm³/mol. The zero-order valence-corrected chi connectivity index (χ0v) is 16.6. The smallest absolute Gasteiger partial charge is 0.287 e. The monoisotopic (exact) mass is 419 g/mol. The van der Waals surface area contributed by atoms with Crippen LogP contribution in [0.15, 0.2) is 44.3 Å². The summed E-state index contributed by atoms with van der Waals surface area (Å²) in [6, 6.07) is 3.31. The summed E-state index contributed by atoms with van der Waals surface area (Å²) in [6.45, 7) is 2.57. The van der Waals surface area contributed by atoms with Gasteiger partial charge in [0.25, 0.3) is 11.8 Å². The molecule has 0 aromatic carbocycles. The molecule has 0 N–H and O–H groups in total. The molecule has 132 valence electrons. The van der Waals surface area contributed by atoms with Gasteiger partial charge < -0.3 is 5.01 Å². The van der Waals surface area contributed by atoms with Crippen LogP contribution < -0.4 is 0 Å². The van der Waals surface area contributed by atoms with Gasteiger partial charge in [0.1, 0.15) is 0 Å². The molecule has 8 heteroatoms. The van der Waals surface area contributed by atoms with E-state index in [0.29, 0.717) is 4.88 Å². The van der Waals surface area contributed by atoms with Crippen LogP contribution in [0.3, 0.4) is 0 Å². The number of hydrogen-bond acceptors (Lipinski definition) is 4. The highest BCUT2D eigenvalue weighted by Crippen LogP contribution is 2.24. The lowest BCUT2D eigenvalue weighted by Gasteiger charge is -2.26. The highest BCUT2D eigenvalue weighted by atomic mass is 79.9. The molecular weight excluding hydrogens is 400 g/mol. The SMILES string of the molecule is C/C(=C\C=C(/C=NC(=O)c1ccc(Br)s1)C(C)(F)F)N(C)N(C)C. The minimum absolute atomic E-state index is 0.335. The molecule has 24 heavy (non-hydrogen) atoms. The topological polar surface area (TPSA) is 35.9 Å². The number of hydrogen-bond donors (Lipinski definition) is 0. The van der Waals surface area contributed by atoms with Crippen molar-refractivity contribution in [2.24, 2.45) is 4.99 Å². The fraction of sp³-hybridized carbons (Fsp3) is 0.375. The van der Waals surface area contributed by atoms with Gasteiger partial charge in [-0.2, -0.15) is 0 Å². The number of hydrazine groups is 1. The molecule has 0 fully saturated rings. The van der Waals surface area contributed by atoms with Crippen LogP contribution in [0.5, 0.6) is 0 Å². The van der Waals surface area contributed by atoms with Crippen molar-refractivity contribution in [3.05, 3.63) is 44.2 Å². The van der Waals surface area contributed by atoms with Gasteiger partial charge in [0.15, 0.2) is 0 Å². The molecule has 1 aromatic heterocycles. The Balaban J connectivity index is 3.02. The average Bonchev–Trinajstić information content (AvgIpc) is 2.90. The van der Waals surface area contributed by atoms with Gasteiger partial charge >= 0.3 is 0 Å². The number of halogens is 3. The van der Waals surface area contributed by atoms with Gasteiger partial charge in [-0.25, -0.2) is 18.8 Å². The van der Waals surface area contributed by atoms with E-state index in [1.807, 2.05) is 26.2 Å². The lowest BCUT2D eigenvalue weighted by Crippen LogP contribution is -2.31. The summed E-state index contributed by atoms with van der Waals surface area (Å²) in [6.07, 6.45) is 3.76. The number of carbonyl (C=O) groups is 1. The molecule has 0 spiro atoms. The Morgan fingerprint density at radius 1 is 1.29 bits per heavy atom. The third kappa shape index (κ3) is 6.26. The largest absolute Gasteiger partial charge is 0.314 e. The fourth-order valence-corrected chi connectivity index (χ4v) is 2.84. The lowest BCUT2D eigenvalue weighted by molar-refractivity contribution is 0.0706.